The van der Waals surface area contributed by atoms with Crippen molar-refractivity contribution in [3.8, 4) is 5.75 Å². The van der Waals surface area contributed by atoms with Gasteiger partial charge in [-0.3, -0.25) is 4.99 Å². The lowest BCUT2D eigenvalue weighted by Crippen LogP contribution is -2.30. The van der Waals surface area contributed by atoms with Crippen molar-refractivity contribution in [3.05, 3.63) is 41.6 Å². The van der Waals surface area contributed by atoms with Crippen molar-refractivity contribution in [1.82, 2.24) is 9.88 Å². The van der Waals surface area contributed by atoms with Gasteiger partial charge in [0.1, 0.15) is 5.75 Å². The number of nitrogen functional groups attached to an aromatic ring is 1. The van der Waals surface area contributed by atoms with Gasteiger partial charge in [0.25, 0.3) is 0 Å². The van der Waals surface area contributed by atoms with E-state index in [2.05, 4.69) is 40.6 Å². The summed E-state index contributed by atoms with van der Waals surface area (Å²) >= 11 is 0. The van der Waals surface area contributed by atoms with Crippen molar-refractivity contribution in [3.63, 3.8) is 0 Å². The zero-order chi connectivity index (χ0) is 23.4. The Morgan fingerprint density at radius 2 is 2.03 bits per heavy atom. The van der Waals surface area contributed by atoms with Crippen LogP contribution in [-0.2, 0) is 6.54 Å². The Balaban J connectivity index is 1.67. The maximum absolute atomic E-state index is 12.8. The van der Waals surface area contributed by atoms with Gasteiger partial charge >= 0.3 is 6.61 Å². The number of halogens is 2. The second-order valence-electron chi connectivity index (χ2n) is 9.04. The minimum absolute atomic E-state index is 0.131. The van der Waals surface area contributed by atoms with E-state index in [4.69, 9.17) is 10.7 Å². The van der Waals surface area contributed by atoms with Crippen LogP contribution in [0.3, 0.4) is 0 Å². The second kappa shape index (κ2) is 10.5. The maximum Gasteiger partial charge on any atom is 0.387 e. The summed E-state index contributed by atoms with van der Waals surface area (Å²) in [6.45, 7) is 2.98. The van der Waals surface area contributed by atoms with Gasteiger partial charge in [0.15, 0.2) is 0 Å². The first-order chi connectivity index (χ1) is 16.0. The molecule has 1 aromatic heterocycles. The van der Waals surface area contributed by atoms with Crippen LogP contribution in [0, 0.1) is 5.92 Å². The van der Waals surface area contributed by atoms with Gasteiger partial charge < -0.3 is 20.4 Å². The van der Waals surface area contributed by atoms with Gasteiger partial charge in [-0.05, 0) is 69.1 Å². The van der Waals surface area contributed by atoms with E-state index < -0.39 is 6.61 Å². The molecular formula is C26H34F2N4O. The summed E-state index contributed by atoms with van der Waals surface area (Å²) in [5.74, 6) is 0.935. The third-order valence-corrected chi connectivity index (χ3v) is 6.47. The molecule has 1 fully saturated rings. The van der Waals surface area contributed by atoms with Crippen LogP contribution in [0.2, 0.25) is 0 Å². The highest BCUT2D eigenvalue weighted by Gasteiger charge is 2.27. The first-order valence-corrected chi connectivity index (χ1v) is 12.0. The Bertz CT molecular complexity index is 1070. The zero-order valence-corrected chi connectivity index (χ0v) is 19.5. The highest BCUT2D eigenvalue weighted by Crippen LogP contribution is 2.37. The van der Waals surface area contributed by atoms with E-state index >= 15 is 0 Å². The number of nitrogens with zero attached hydrogens (tertiary/aromatic N) is 2. The van der Waals surface area contributed by atoms with Gasteiger partial charge in [-0.1, -0.05) is 19.1 Å². The van der Waals surface area contributed by atoms with Crippen LogP contribution in [0.1, 0.15) is 58.1 Å². The lowest BCUT2D eigenvalue weighted by molar-refractivity contribution is -0.0497. The molecule has 4 rings (SSSR count). The number of nitrogens with two attached hydrogens (primary N) is 1. The van der Waals surface area contributed by atoms with E-state index in [0.29, 0.717) is 18.3 Å². The quantitative estimate of drug-likeness (QED) is 0.476. The van der Waals surface area contributed by atoms with Crippen molar-refractivity contribution < 1.29 is 13.5 Å². The summed E-state index contributed by atoms with van der Waals surface area (Å²) in [6, 6.07) is 5.46. The van der Waals surface area contributed by atoms with Crippen molar-refractivity contribution >= 4 is 28.5 Å². The Hall–Kier alpha value is -2.67. The molecule has 2 heterocycles. The Kier molecular flexibility index (Phi) is 7.48. The number of alkyl halides is 2. The van der Waals surface area contributed by atoms with Crippen LogP contribution in [0.4, 0.5) is 14.5 Å². The molecular weight excluding hydrogens is 422 g/mol. The van der Waals surface area contributed by atoms with Crippen LogP contribution < -0.4 is 15.8 Å². The standard InChI is InChI=1S/C26H34F2N4O/c1-3-13-32-23-14-20(33-26(27)28)11-12-21(23)24(29)25(32)22-8-6-4-5-7-18(16-31-22)15-30-17(2)19-9-10-19/h7-8,11-12,14,16-17,19,26,30H,3-6,9-10,13,15,29H2,1-2H3/b18-7-,22-8+,31-16+. The smallest absolute Gasteiger partial charge is 0.387 e. The van der Waals surface area contributed by atoms with Crippen molar-refractivity contribution in [1.29, 1.82) is 0 Å². The van der Waals surface area contributed by atoms with E-state index in [1.54, 1.807) is 18.2 Å². The number of aromatic nitrogens is 1. The number of allylic oxidation sites excluding steroid dienone is 2. The van der Waals surface area contributed by atoms with Gasteiger partial charge in [-0.2, -0.15) is 8.78 Å². The van der Waals surface area contributed by atoms with Crippen LogP contribution in [0.5, 0.6) is 5.75 Å². The van der Waals surface area contributed by atoms with E-state index in [1.807, 2.05) is 6.21 Å². The molecule has 1 aliphatic carbocycles. The molecule has 7 heteroatoms. The normalized spacial score (nSPS) is 22.1. The van der Waals surface area contributed by atoms with Gasteiger partial charge in [-0.25, -0.2) is 0 Å². The molecule has 0 amide bonds. The summed E-state index contributed by atoms with van der Waals surface area (Å²) in [4.78, 5) is 4.88. The first kappa shape index (κ1) is 23.5. The topological polar surface area (TPSA) is 64.6 Å². The summed E-state index contributed by atoms with van der Waals surface area (Å²) in [6.07, 6.45) is 12.8. The van der Waals surface area contributed by atoms with Crippen LogP contribution >= 0.6 is 0 Å². The van der Waals surface area contributed by atoms with Crippen molar-refractivity contribution in [2.75, 3.05) is 12.3 Å². The van der Waals surface area contributed by atoms with E-state index in [0.717, 1.165) is 60.4 Å². The number of fused-ring (bicyclic) bond motifs is 1. The van der Waals surface area contributed by atoms with Crippen LogP contribution in [0.25, 0.3) is 16.6 Å². The average Bonchev–Trinajstić information content (AvgIpc) is 3.58. The summed E-state index contributed by atoms with van der Waals surface area (Å²) in [5.41, 5.74) is 10.9. The fraction of sp³-hybridized carbons (Fsp3) is 0.500. The molecule has 178 valence electrons. The Morgan fingerprint density at radius 1 is 1.24 bits per heavy atom. The van der Waals surface area contributed by atoms with Crippen molar-refractivity contribution in [2.24, 2.45) is 10.9 Å². The Morgan fingerprint density at radius 3 is 2.76 bits per heavy atom. The second-order valence-corrected chi connectivity index (χ2v) is 9.04. The molecule has 0 radical (unpaired) electrons. The van der Waals surface area contributed by atoms with Gasteiger partial charge in [-0.15, -0.1) is 0 Å². The number of aryl methyl sites for hydroxylation is 1. The number of anilines is 1. The molecule has 1 aromatic carbocycles. The highest BCUT2D eigenvalue weighted by atomic mass is 19.3. The molecule has 33 heavy (non-hydrogen) atoms. The molecule has 1 unspecified atom stereocenters. The predicted octanol–water partition coefficient (Wildman–Crippen LogP) is 6.15. The fourth-order valence-electron chi connectivity index (χ4n) is 4.48. The zero-order valence-electron chi connectivity index (χ0n) is 19.5. The SMILES string of the molecule is CCCn1c(C2=C/CCC\C=C(CNC(C)C3CC3)/C=N/2)c(N)c2ccc(OC(F)F)cc21. The maximum atomic E-state index is 12.8. The fourth-order valence-corrected chi connectivity index (χ4v) is 4.48. The lowest BCUT2D eigenvalue weighted by Gasteiger charge is -2.13. The molecule has 1 atom stereocenters. The average molecular weight is 457 g/mol. The third-order valence-electron chi connectivity index (χ3n) is 6.47. The number of hydrogen-bond acceptors (Lipinski definition) is 4. The molecule has 0 bridgehead atoms. The number of hydrogen-bond donors (Lipinski definition) is 2. The van der Waals surface area contributed by atoms with Crippen LogP contribution in [-0.4, -0.2) is 30.0 Å². The first-order valence-electron chi connectivity index (χ1n) is 12.0. The number of ether oxygens (including phenoxy) is 1. The summed E-state index contributed by atoms with van der Waals surface area (Å²) < 4.78 is 32.3. The molecule has 1 saturated carbocycles. The van der Waals surface area contributed by atoms with Crippen molar-refractivity contribution in [2.45, 2.75) is 71.6 Å². The minimum Gasteiger partial charge on any atom is -0.435 e. The van der Waals surface area contributed by atoms with E-state index in [9.17, 15) is 8.78 Å². The molecule has 2 aliphatic rings. The molecule has 0 saturated heterocycles. The number of rotatable bonds is 9. The molecule has 5 nitrogen and oxygen atoms in total. The van der Waals surface area contributed by atoms with Gasteiger partial charge in [0, 0.05) is 36.8 Å². The lowest BCUT2D eigenvalue weighted by atomic mass is 10.1. The minimum atomic E-state index is -2.86. The molecule has 2 aromatic rings. The number of nitrogens with one attached hydrogen (secondary N) is 1. The molecule has 3 N–H and O–H groups in total. The number of benzene rings is 1. The number of aliphatic imine (C=N–C) groups is 1. The largest absolute Gasteiger partial charge is 0.435 e. The third kappa shape index (κ3) is 5.64. The molecule has 0 spiro atoms. The highest BCUT2D eigenvalue weighted by molar-refractivity contribution is 6.00. The Labute approximate surface area is 194 Å². The summed E-state index contributed by atoms with van der Waals surface area (Å²) in [7, 11) is 0. The van der Waals surface area contributed by atoms with Gasteiger partial charge in [0.2, 0.25) is 0 Å². The van der Waals surface area contributed by atoms with E-state index in [-0.39, 0.29) is 5.75 Å². The van der Waals surface area contributed by atoms with Crippen LogP contribution in [0.15, 0.2) is 40.9 Å². The monoisotopic (exact) mass is 456 g/mol. The predicted molar refractivity (Wildman–Crippen MR) is 132 cm³/mol. The van der Waals surface area contributed by atoms with Gasteiger partial charge in [0.05, 0.1) is 22.6 Å². The summed E-state index contributed by atoms with van der Waals surface area (Å²) in [5, 5.41) is 4.47. The van der Waals surface area contributed by atoms with E-state index in [1.165, 1.54) is 18.4 Å². The molecule has 1 aliphatic heterocycles.